The van der Waals surface area contributed by atoms with Gasteiger partial charge in [-0.05, 0) is 0 Å². The Morgan fingerprint density at radius 1 is 1.06 bits per heavy atom. The van der Waals surface area contributed by atoms with Crippen LogP contribution in [0.1, 0.15) is 38.1 Å². The van der Waals surface area contributed by atoms with Crippen molar-refractivity contribution in [2.24, 2.45) is 0 Å². The maximum atomic E-state index is 12.5. The Morgan fingerprint density at radius 2 is 1.53 bits per heavy atom. The first kappa shape index (κ1) is 14.7. The van der Waals surface area contributed by atoms with Crippen LogP contribution in [0.25, 0.3) is 0 Å². The van der Waals surface area contributed by atoms with Crippen LogP contribution in [-0.2, 0) is 0 Å². The summed E-state index contributed by atoms with van der Waals surface area (Å²) in [6.45, 7) is 9.05. The van der Waals surface area contributed by atoms with E-state index in [1.165, 1.54) is 13.3 Å². The monoisotopic (exact) mass is 340 g/mol. The van der Waals surface area contributed by atoms with Gasteiger partial charge < -0.3 is 0 Å². The summed E-state index contributed by atoms with van der Waals surface area (Å²) in [4.78, 5) is 12.5. The number of rotatable bonds is 6. The normalized spacial score (nSPS) is 13.4. The SMILES string of the molecule is C[CH2][Sn]([CH2]C)([CH2]C)[CH](C)C(=O)c1ccccc1. The van der Waals surface area contributed by atoms with Gasteiger partial charge in [-0.3, -0.25) is 0 Å². The third kappa shape index (κ3) is 3.12. The van der Waals surface area contributed by atoms with E-state index in [2.05, 4.69) is 27.7 Å². The fraction of sp³-hybridized carbons (Fsp3) is 0.533. The second kappa shape index (κ2) is 6.58. The maximum absolute atomic E-state index is 12.5. The first-order valence-electron chi connectivity index (χ1n) is 6.70. The molecule has 1 unspecified atom stereocenters. The third-order valence-corrected chi connectivity index (χ3v) is 22.5. The molecule has 1 rings (SSSR count). The summed E-state index contributed by atoms with van der Waals surface area (Å²) in [5.41, 5.74) is 0.899. The summed E-state index contributed by atoms with van der Waals surface area (Å²) >= 11 is -2.22. The van der Waals surface area contributed by atoms with E-state index in [4.69, 9.17) is 0 Å². The number of ketones is 1. The fourth-order valence-corrected chi connectivity index (χ4v) is 14.4. The molecule has 0 saturated heterocycles. The van der Waals surface area contributed by atoms with Crippen LogP contribution in [0, 0.1) is 0 Å². The van der Waals surface area contributed by atoms with Crippen LogP contribution in [0.5, 0.6) is 0 Å². The van der Waals surface area contributed by atoms with Crippen LogP contribution in [0.15, 0.2) is 30.3 Å². The zero-order valence-corrected chi connectivity index (χ0v) is 14.3. The molecule has 94 valence electrons. The van der Waals surface area contributed by atoms with Crippen molar-refractivity contribution < 1.29 is 4.79 Å². The van der Waals surface area contributed by atoms with E-state index in [9.17, 15) is 4.79 Å². The van der Waals surface area contributed by atoms with E-state index in [1.54, 1.807) is 0 Å². The van der Waals surface area contributed by atoms with Gasteiger partial charge in [0.15, 0.2) is 0 Å². The van der Waals surface area contributed by atoms with Crippen LogP contribution < -0.4 is 0 Å². The molecule has 0 radical (unpaired) electrons. The molecule has 1 aromatic rings. The molecule has 0 saturated carbocycles. The second-order valence-corrected chi connectivity index (χ2v) is 21.2. The molecular formula is C15H24OSn. The van der Waals surface area contributed by atoms with Crippen molar-refractivity contribution in [3.63, 3.8) is 0 Å². The average molecular weight is 339 g/mol. The zero-order valence-electron chi connectivity index (χ0n) is 11.5. The third-order valence-electron chi connectivity index (χ3n) is 4.48. The van der Waals surface area contributed by atoms with Crippen LogP contribution in [0.3, 0.4) is 0 Å². The average Bonchev–Trinajstić information content (AvgIpc) is 2.41. The molecule has 1 nitrogen and oxygen atoms in total. The van der Waals surface area contributed by atoms with Crippen molar-refractivity contribution in [1.82, 2.24) is 0 Å². The molecule has 0 aliphatic carbocycles. The standard InChI is InChI=1S/C9H9O.3C2H5.Sn/c1-2-9(10)8-6-4-3-5-7-8;3*1-2;/h2-7H,1H3;3*1H2,2H3;. The molecule has 0 heterocycles. The van der Waals surface area contributed by atoms with Crippen molar-refractivity contribution >= 4 is 24.2 Å². The van der Waals surface area contributed by atoms with E-state index in [1.807, 2.05) is 30.3 Å². The molecule has 0 bridgehead atoms. The summed E-state index contributed by atoms with van der Waals surface area (Å²) in [6.07, 6.45) is 0. The minimum atomic E-state index is -2.22. The van der Waals surface area contributed by atoms with E-state index < -0.39 is 18.4 Å². The van der Waals surface area contributed by atoms with Crippen LogP contribution in [0.2, 0.25) is 17.2 Å². The van der Waals surface area contributed by atoms with Gasteiger partial charge in [0.2, 0.25) is 0 Å². The van der Waals surface area contributed by atoms with Gasteiger partial charge in [-0.25, -0.2) is 0 Å². The van der Waals surface area contributed by atoms with Crippen molar-refractivity contribution in [1.29, 1.82) is 0 Å². The molecule has 0 amide bonds. The molecule has 1 atom stereocenters. The molecule has 0 aromatic heterocycles. The molecule has 0 fully saturated rings. The van der Waals surface area contributed by atoms with Gasteiger partial charge >= 0.3 is 110 Å². The number of carbonyl (C=O) groups is 1. The quantitative estimate of drug-likeness (QED) is 0.539. The van der Waals surface area contributed by atoms with Crippen LogP contribution in [0.4, 0.5) is 0 Å². The van der Waals surface area contributed by atoms with E-state index in [-0.39, 0.29) is 0 Å². The predicted octanol–water partition coefficient (Wildman–Crippen LogP) is 4.77. The summed E-state index contributed by atoms with van der Waals surface area (Å²) in [5.74, 6) is 0.381. The molecule has 0 aliphatic heterocycles. The number of hydrogen-bond acceptors (Lipinski definition) is 1. The molecule has 2 heteroatoms. The van der Waals surface area contributed by atoms with Crippen molar-refractivity contribution in [3.05, 3.63) is 35.9 Å². The Bertz CT molecular complexity index is 346. The molecule has 0 spiro atoms. The summed E-state index contributed by atoms with van der Waals surface area (Å²) < 4.78 is 4.15. The molecule has 17 heavy (non-hydrogen) atoms. The topological polar surface area (TPSA) is 17.1 Å². The second-order valence-electron chi connectivity index (χ2n) is 4.87. The van der Waals surface area contributed by atoms with Crippen molar-refractivity contribution in [3.8, 4) is 0 Å². The first-order valence-corrected chi connectivity index (χ1v) is 14.4. The Labute approximate surface area is 109 Å². The molecule has 0 aliphatic rings. The van der Waals surface area contributed by atoms with E-state index >= 15 is 0 Å². The Hall–Kier alpha value is -0.311. The first-order chi connectivity index (χ1) is 8.11. The van der Waals surface area contributed by atoms with Gasteiger partial charge in [0.05, 0.1) is 0 Å². The molecular weight excluding hydrogens is 315 g/mol. The molecule has 0 N–H and O–H groups in total. The van der Waals surface area contributed by atoms with Gasteiger partial charge in [-0.1, -0.05) is 0 Å². The van der Waals surface area contributed by atoms with Gasteiger partial charge in [0.1, 0.15) is 0 Å². The number of Topliss-reactive ketones (excluding diaryl/α,β-unsaturated/α-hetero) is 1. The number of benzene rings is 1. The van der Waals surface area contributed by atoms with Crippen LogP contribution >= 0.6 is 0 Å². The van der Waals surface area contributed by atoms with Crippen molar-refractivity contribution in [2.45, 2.75) is 44.9 Å². The fourth-order valence-electron chi connectivity index (χ4n) is 2.80. The minimum absolute atomic E-state index is 0.312. The predicted molar refractivity (Wildman–Crippen MR) is 77.4 cm³/mol. The molecule has 1 aromatic carbocycles. The zero-order chi connectivity index (χ0) is 12.9. The Morgan fingerprint density at radius 3 is 1.94 bits per heavy atom. The van der Waals surface area contributed by atoms with Crippen molar-refractivity contribution in [2.75, 3.05) is 0 Å². The Kier molecular flexibility index (Phi) is 5.70. The van der Waals surface area contributed by atoms with Gasteiger partial charge in [-0.2, -0.15) is 0 Å². The summed E-state index contributed by atoms with van der Waals surface area (Å²) in [6, 6.07) is 9.80. The van der Waals surface area contributed by atoms with Gasteiger partial charge in [-0.15, -0.1) is 0 Å². The summed E-state index contributed by atoms with van der Waals surface area (Å²) in [7, 11) is 0. The van der Waals surface area contributed by atoms with E-state index in [0.29, 0.717) is 9.72 Å². The Balaban J connectivity index is 2.96. The van der Waals surface area contributed by atoms with Gasteiger partial charge in [0, 0.05) is 0 Å². The van der Waals surface area contributed by atoms with Crippen LogP contribution in [-0.4, -0.2) is 24.2 Å². The van der Waals surface area contributed by atoms with Gasteiger partial charge in [0.25, 0.3) is 0 Å². The van der Waals surface area contributed by atoms with E-state index in [0.717, 1.165) is 5.56 Å². The summed E-state index contributed by atoms with van der Waals surface area (Å²) in [5, 5.41) is 0. The number of carbonyl (C=O) groups excluding carboxylic acids is 1. The number of hydrogen-bond donors (Lipinski definition) is 0.